The number of allylic oxidation sites excluding steroid dienone is 1. The third-order valence-electron chi connectivity index (χ3n) is 1.86. The first-order valence-corrected chi connectivity index (χ1v) is 4.34. The Morgan fingerprint density at radius 1 is 1.36 bits per heavy atom. The van der Waals surface area contributed by atoms with Gasteiger partial charge in [0.1, 0.15) is 0 Å². The van der Waals surface area contributed by atoms with Gasteiger partial charge < -0.3 is 4.42 Å². The van der Waals surface area contributed by atoms with Crippen LogP contribution in [0.15, 0.2) is 39.6 Å². The van der Waals surface area contributed by atoms with Gasteiger partial charge in [-0.3, -0.25) is 0 Å². The van der Waals surface area contributed by atoms with Crippen LogP contribution in [0.2, 0.25) is 0 Å². The fourth-order valence-corrected chi connectivity index (χ4v) is 1.25. The summed E-state index contributed by atoms with van der Waals surface area (Å²) in [5.41, 5.74) is 0.320. The Morgan fingerprint density at radius 3 is 2.93 bits per heavy atom. The average Bonchev–Trinajstić information content (AvgIpc) is 2.18. The predicted molar refractivity (Wildman–Crippen MR) is 55.0 cm³/mol. The van der Waals surface area contributed by atoms with E-state index in [0.29, 0.717) is 16.8 Å². The highest BCUT2D eigenvalue weighted by molar-refractivity contribution is 5.77. The minimum Gasteiger partial charge on any atom is -0.404 e. The Hall–Kier alpha value is -1.90. The molecule has 0 aliphatic carbocycles. The summed E-state index contributed by atoms with van der Waals surface area (Å²) < 4.78 is 4.98. The van der Waals surface area contributed by atoms with Crippen LogP contribution in [0.5, 0.6) is 0 Å². The molecule has 0 saturated carbocycles. The molecule has 0 saturated heterocycles. The fraction of sp³-hybridized carbons (Fsp3) is 0.0909. The molecule has 3 nitrogen and oxygen atoms in total. The molecule has 0 bridgehead atoms. The second-order valence-electron chi connectivity index (χ2n) is 2.86. The highest BCUT2D eigenvalue weighted by Crippen LogP contribution is 2.07. The number of hydrogen-bond donors (Lipinski definition) is 0. The number of rotatable bonds is 1. The van der Waals surface area contributed by atoms with E-state index >= 15 is 0 Å². The summed E-state index contributed by atoms with van der Waals surface area (Å²) in [4.78, 5) is 15.6. The van der Waals surface area contributed by atoms with Gasteiger partial charge in [0.25, 0.3) is 0 Å². The molecule has 14 heavy (non-hydrogen) atoms. The zero-order valence-corrected chi connectivity index (χ0v) is 7.73. The van der Waals surface area contributed by atoms with Gasteiger partial charge in [-0.15, -0.1) is 0 Å². The van der Waals surface area contributed by atoms with Crippen LogP contribution in [0.3, 0.4) is 0 Å². The zero-order valence-electron chi connectivity index (χ0n) is 7.73. The Balaban J connectivity index is 2.79. The fourth-order valence-electron chi connectivity index (χ4n) is 1.25. The first-order valence-electron chi connectivity index (χ1n) is 4.34. The molecule has 0 aliphatic rings. The zero-order chi connectivity index (χ0) is 9.97. The standard InChI is InChI=1S/C11H9NO2/c1-2-5-10-12-9-7-4-3-6-8(9)11(13)14-10/h2-7H,1H3. The van der Waals surface area contributed by atoms with Crippen molar-refractivity contribution < 1.29 is 4.42 Å². The second kappa shape index (κ2) is 3.46. The third-order valence-corrected chi connectivity index (χ3v) is 1.86. The van der Waals surface area contributed by atoms with Crippen molar-refractivity contribution in [2.45, 2.75) is 6.92 Å². The Kier molecular flexibility index (Phi) is 2.14. The van der Waals surface area contributed by atoms with Crippen LogP contribution in [0.25, 0.3) is 17.0 Å². The highest BCUT2D eigenvalue weighted by Gasteiger charge is 2.01. The van der Waals surface area contributed by atoms with Crippen molar-refractivity contribution in [1.82, 2.24) is 4.98 Å². The van der Waals surface area contributed by atoms with Gasteiger partial charge in [0.2, 0.25) is 5.89 Å². The molecule has 0 spiro atoms. The van der Waals surface area contributed by atoms with Gasteiger partial charge in [-0.2, -0.15) is 0 Å². The molecule has 0 aliphatic heterocycles. The molecule has 70 valence electrons. The van der Waals surface area contributed by atoms with Crippen LogP contribution >= 0.6 is 0 Å². The minimum atomic E-state index is -0.344. The van der Waals surface area contributed by atoms with Gasteiger partial charge >= 0.3 is 5.63 Å². The van der Waals surface area contributed by atoms with Gasteiger partial charge in [0.15, 0.2) is 0 Å². The van der Waals surface area contributed by atoms with Gasteiger partial charge in [-0.25, -0.2) is 9.78 Å². The normalized spacial score (nSPS) is 11.2. The van der Waals surface area contributed by atoms with E-state index in [0.717, 1.165) is 0 Å². The molecule has 1 heterocycles. The van der Waals surface area contributed by atoms with Crippen LogP contribution in [-0.4, -0.2) is 4.98 Å². The Labute approximate surface area is 80.7 Å². The van der Waals surface area contributed by atoms with E-state index in [9.17, 15) is 4.79 Å². The molecule has 0 amide bonds. The topological polar surface area (TPSA) is 43.1 Å². The summed E-state index contributed by atoms with van der Waals surface area (Å²) in [5, 5.41) is 0.515. The number of hydrogen-bond acceptors (Lipinski definition) is 3. The van der Waals surface area contributed by atoms with Gasteiger partial charge in [-0.05, 0) is 25.1 Å². The van der Waals surface area contributed by atoms with E-state index in [4.69, 9.17) is 4.42 Å². The molecule has 0 radical (unpaired) electrons. The number of aromatic nitrogens is 1. The van der Waals surface area contributed by atoms with Gasteiger partial charge in [0, 0.05) is 0 Å². The number of benzene rings is 1. The third kappa shape index (κ3) is 1.44. The van der Waals surface area contributed by atoms with Crippen molar-refractivity contribution in [2.24, 2.45) is 0 Å². The molecule has 2 rings (SSSR count). The first kappa shape index (κ1) is 8.69. The summed E-state index contributed by atoms with van der Waals surface area (Å²) in [6, 6.07) is 7.12. The largest absolute Gasteiger partial charge is 0.404 e. The van der Waals surface area contributed by atoms with E-state index in [2.05, 4.69) is 4.98 Å². The Morgan fingerprint density at radius 2 is 2.14 bits per heavy atom. The van der Waals surface area contributed by atoms with E-state index in [-0.39, 0.29) is 5.63 Å². The second-order valence-corrected chi connectivity index (χ2v) is 2.86. The molecule has 0 unspecified atom stereocenters. The van der Waals surface area contributed by atoms with Crippen molar-refractivity contribution in [2.75, 3.05) is 0 Å². The molecule has 0 N–H and O–H groups in total. The van der Waals surface area contributed by atoms with E-state index in [1.54, 1.807) is 30.4 Å². The quantitative estimate of drug-likeness (QED) is 0.687. The molecular formula is C11H9NO2. The number of nitrogens with zero attached hydrogens (tertiary/aromatic N) is 1. The molecule has 1 aromatic heterocycles. The van der Waals surface area contributed by atoms with Crippen molar-refractivity contribution in [3.8, 4) is 0 Å². The predicted octanol–water partition coefficient (Wildman–Crippen LogP) is 2.22. The van der Waals surface area contributed by atoms with Crippen molar-refractivity contribution in [3.63, 3.8) is 0 Å². The molecule has 2 aromatic rings. The molecule has 0 atom stereocenters. The van der Waals surface area contributed by atoms with Crippen LogP contribution < -0.4 is 5.63 Å². The number of para-hydroxylation sites is 1. The van der Waals surface area contributed by atoms with E-state index in [1.165, 1.54) is 0 Å². The first-order chi connectivity index (χ1) is 6.81. The van der Waals surface area contributed by atoms with Crippen LogP contribution in [0.1, 0.15) is 12.8 Å². The van der Waals surface area contributed by atoms with Gasteiger partial charge in [0.05, 0.1) is 10.9 Å². The summed E-state index contributed by atoms with van der Waals surface area (Å²) in [6.07, 6.45) is 3.44. The monoisotopic (exact) mass is 187 g/mol. The summed E-state index contributed by atoms with van der Waals surface area (Å²) >= 11 is 0. The lowest BCUT2D eigenvalue weighted by Gasteiger charge is -1.95. The van der Waals surface area contributed by atoms with Crippen LogP contribution in [0, 0.1) is 0 Å². The number of fused-ring (bicyclic) bond motifs is 1. The lowest BCUT2D eigenvalue weighted by Crippen LogP contribution is -2.02. The van der Waals surface area contributed by atoms with E-state index in [1.807, 2.05) is 13.0 Å². The molecule has 3 heteroatoms. The van der Waals surface area contributed by atoms with Crippen LogP contribution in [0.4, 0.5) is 0 Å². The average molecular weight is 187 g/mol. The van der Waals surface area contributed by atoms with Crippen molar-refractivity contribution in [3.05, 3.63) is 46.7 Å². The van der Waals surface area contributed by atoms with Crippen molar-refractivity contribution >= 4 is 17.0 Å². The maximum atomic E-state index is 11.4. The van der Waals surface area contributed by atoms with Gasteiger partial charge in [-0.1, -0.05) is 18.2 Å². The lowest BCUT2D eigenvalue weighted by atomic mass is 10.2. The SMILES string of the molecule is CC=Cc1nc2ccccc2c(=O)o1. The summed E-state index contributed by atoms with van der Waals surface area (Å²) in [5.74, 6) is 0.344. The lowest BCUT2D eigenvalue weighted by molar-refractivity contribution is 0.490. The molecular weight excluding hydrogens is 178 g/mol. The highest BCUT2D eigenvalue weighted by atomic mass is 16.4. The van der Waals surface area contributed by atoms with Crippen LogP contribution in [-0.2, 0) is 0 Å². The smallest absolute Gasteiger partial charge is 0.347 e. The van der Waals surface area contributed by atoms with Crippen molar-refractivity contribution in [1.29, 1.82) is 0 Å². The summed E-state index contributed by atoms with van der Waals surface area (Å²) in [6.45, 7) is 1.84. The maximum absolute atomic E-state index is 11.4. The maximum Gasteiger partial charge on any atom is 0.347 e. The van der Waals surface area contributed by atoms with E-state index < -0.39 is 0 Å². The summed E-state index contributed by atoms with van der Waals surface area (Å²) in [7, 11) is 0. The molecule has 0 fully saturated rings. The Bertz CT molecular complexity index is 540. The minimum absolute atomic E-state index is 0.344. The molecule has 1 aromatic carbocycles.